The number of nitrogens with zero attached hydrogens (tertiary/aromatic N) is 1. The Morgan fingerprint density at radius 1 is 0.875 bits per heavy atom. The zero-order valence-corrected chi connectivity index (χ0v) is 11.2. The fraction of sp³-hybridized carbons (Fsp3) is 1.00. The van der Waals surface area contributed by atoms with E-state index in [0.29, 0.717) is 32.3 Å². The summed E-state index contributed by atoms with van der Waals surface area (Å²) in [7, 11) is 2.03. The summed E-state index contributed by atoms with van der Waals surface area (Å²) in [5.41, 5.74) is 0. The van der Waals surface area contributed by atoms with E-state index in [0.717, 1.165) is 26.3 Å². The highest BCUT2D eigenvalue weighted by Gasteiger charge is 1.96. The molecule has 0 bridgehead atoms. The summed E-state index contributed by atoms with van der Waals surface area (Å²) in [5.74, 6) is 0.664. The molecule has 0 aromatic heterocycles. The third-order valence-corrected chi connectivity index (χ3v) is 2.20. The van der Waals surface area contributed by atoms with Crippen molar-refractivity contribution in [3.05, 3.63) is 0 Å². The molecule has 0 N–H and O–H groups in total. The molecule has 0 radical (unpaired) electrons. The Bertz CT molecular complexity index is 138. The highest BCUT2D eigenvalue weighted by atomic mass is 35.5. The van der Waals surface area contributed by atoms with E-state index in [4.69, 9.17) is 25.8 Å². The van der Waals surface area contributed by atoms with Crippen molar-refractivity contribution in [2.24, 2.45) is 0 Å². The second-order valence-electron chi connectivity index (χ2n) is 3.41. The topological polar surface area (TPSA) is 30.9 Å². The molecule has 0 aliphatic rings. The van der Waals surface area contributed by atoms with Crippen LogP contribution in [0.5, 0.6) is 0 Å². The number of rotatable bonds is 12. The molecule has 98 valence electrons. The van der Waals surface area contributed by atoms with Crippen molar-refractivity contribution < 1.29 is 14.2 Å². The summed E-state index contributed by atoms with van der Waals surface area (Å²) in [4.78, 5) is 2.14. The Hall–Kier alpha value is 0.130. The van der Waals surface area contributed by atoms with Crippen LogP contribution in [0.15, 0.2) is 0 Å². The smallest absolute Gasteiger partial charge is 0.0701 e. The van der Waals surface area contributed by atoms with Gasteiger partial charge in [0.15, 0.2) is 0 Å². The zero-order chi connectivity index (χ0) is 12.1. The van der Waals surface area contributed by atoms with Crippen LogP contribution in [0.3, 0.4) is 0 Å². The maximum atomic E-state index is 5.61. The molecule has 0 aromatic rings. The lowest BCUT2D eigenvalue weighted by Gasteiger charge is -2.14. The van der Waals surface area contributed by atoms with Gasteiger partial charge in [0.1, 0.15) is 0 Å². The highest BCUT2D eigenvalue weighted by Crippen LogP contribution is 1.86. The molecule has 0 unspecified atom stereocenters. The average molecular weight is 254 g/mol. The second-order valence-corrected chi connectivity index (χ2v) is 3.79. The maximum absolute atomic E-state index is 5.61. The van der Waals surface area contributed by atoms with Gasteiger partial charge in [-0.05, 0) is 14.0 Å². The molecule has 0 rings (SSSR count). The molecule has 0 amide bonds. The van der Waals surface area contributed by atoms with Crippen molar-refractivity contribution in [1.29, 1.82) is 0 Å². The molecule has 0 saturated heterocycles. The lowest BCUT2D eigenvalue weighted by atomic mass is 10.5. The first kappa shape index (κ1) is 16.1. The first-order chi connectivity index (χ1) is 7.81. The number of alkyl halides is 1. The monoisotopic (exact) mass is 253 g/mol. The molecule has 16 heavy (non-hydrogen) atoms. The summed E-state index contributed by atoms with van der Waals surface area (Å²) in [6.07, 6.45) is 0. The molecule has 0 heterocycles. The SMILES string of the molecule is CCOCCOCCOCCN(C)CCCl. The van der Waals surface area contributed by atoms with Gasteiger partial charge in [0, 0.05) is 25.6 Å². The number of hydrogen-bond acceptors (Lipinski definition) is 4. The minimum atomic E-state index is 0.631. The van der Waals surface area contributed by atoms with Crippen molar-refractivity contribution in [2.75, 3.05) is 65.7 Å². The number of ether oxygens (including phenoxy) is 3. The van der Waals surface area contributed by atoms with E-state index in [-0.39, 0.29) is 0 Å². The lowest BCUT2D eigenvalue weighted by Crippen LogP contribution is -2.25. The maximum Gasteiger partial charge on any atom is 0.0701 e. The Morgan fingerprint density at radius 2 is 1.44 bits per heavy atom. The van der Waals surface area contributed by atoms with Gasteiger partial charge in [0.05, 0.1) is 33.0 Å². The van der Waals surface area contributed by atoms with Gasteiger partial charge in [-0.15, -0.1) is 11.6 Å². The molecule has 0 aromatic carbocycles. The fourth-order valence-corrected chi connectivity index (χ4v) is 1.35. The highest BCUT2D eigenvalue weighted by molar-refractivity contribution is 6.18. The van der Waals surface area contributed by atoms with E-state index in [9.17, 15) is 0 Å². The van der Waals surface area contributed by atoms with Gasteiger partial charge in [0.2, 0.25) is 0 Å². The normalized spacial score (nSPS) is 11.2. The first-order valence-corrected chi connectivity index (χ1v) is 6.32. The number of hydrogen-bond donors (Lipinski definition) is 0. The van der Waals surface area contributed by atoms with E-state index in [1.54, 1.807) is 0 Å². The quantitative estimate of drug-likeness (QED) is 0.387. The molecule has 0 spiro atoms. The fourth-order valence-electron chi connectivity index (χ4n) is 1.06. The van der Waals surface area contributed by atoms with E-state index in [2.05, 4.69) is 4.90 Å². The van der Waals surface area contributed by atoms with Crippen molar-refractivity contribution in [3.63, 3.8) is 0 Å². The van der Waals surface area contributed by atoms with Gasteiger partial charge < -0.3 is 19.1 Å². The Morgan fingerprint density at radius 3 is 2.00 bits per heavy atom. The van der Waals surface area contributed by atoms with Crippen LogP contribution in [-0.4, -0.2) is 70.6 Å². The minimum absolute atomic E-state index is 0.631. The lowest BCUT2D eigenvalue weighted by molar-refractivity contribution is 0.0140. The molecule has 5 heteroatoms. The Kier molecular flexibility index (Phi) is 13.3. The average Bonchev–Trinajstić information content (AvgIpc) is 2.27. The van der Waals surface area contributed by atoms with Gasteiger partial charge in [0.25, 0.3) is 0 Å². The molecule has 0 aliphatic heterocycles. The van der Waals surface area contributed by atoms with Crippen LogP contribution in [0.1, 0.15) is 6.92 Å². The number of likely N-dealkylation sites (N-methyl/N-ethyl adjacent to an activating group) is 1. The standard InChI is InChI=1S/C11H24ClNO3/c1-3-14-8-9-16-11-10-15-7-6-13(2)5-4-12/h3-11H2,1-2H3. The first-order valence-electron chi connectivity index (χ1n) is 5.79. The van der Waals surface area contributed by atoms with Crippen molar-refractivity contribution in [2.45, 2.75) is 6.92 Å². The van der Waals surface area contributed by atoms with Crippen molar-refractivity contribution in [1.82, 2.24) is 4.90 Å². The van der Waals surface area contributed by atoms with Gasteiger partial charge >= 0.3 is 0 Å². The third-order valence-electron chi connectivity index (χ3n) is 2.03. The van der Waals surface area contributed by atoms with Crippen LogP contribution in [0.4, 0.5) is 0 Å². The summed E-state index contributed by atoms with van der Waals surface area (Å²) < 4.78 is 15.8. The van der Waals surface area contributed by atoms with Crippen molar-refractivity contribution >= 4 is 11.6 Å². The van der Waals surface area contributed by atoms with Gasteiger partial charge in [-0.3, -0.25) is 0 Å². The van der Waals surface area contributed by atoms with Crippen LogP contribution in [0.25, 0.3) is 0 Å². The largest absolute Gasteiger partial charge is 0.379 e. The van der Waals surface area contributed by atoms with E-state index in [1.807, 2.05) is 14.0 Å². The van der Waals surface area contributed by atoms with E-state index in [1.165, 1.54) is 0 Å². The molecule has 0 saturated carbocycles. The summed E-state index contributed by atoms with van der Waals surface area (Å²) in [5, 5.41) is 0. The molecule has 0 atom stereocenters. The van der Waals surface area contributed by atoms with E-state index < -0.39 is 0 Å². The number of halogens is 1. The van der Waals surface area contributed by atoms with Gasteiger partial charge in [-0.25, -0.2) is 0 Å². The van der Waals surface area contributed by atoms with Crippen LogP contribution in [-0.2, 0) is 14.2 Å². The predicted molar refractivity (Wildman–Crippen MR) is 66.3 cm³/mol. The summed E-state index contributed by atoms with van der Waals surface area (Å²) >= 11 is 5.61. The van der Waals surface area contributed by atoms with Crippen molar-refractivity contribution in [3.8, 4) is 0 Å². The molecule has 0 aliphatic carbocycles. The predicted octanol–water partition coefficient (Wildman–Crippen LogP) is 1.23. The van der Waals surface area contributed by atoms with Crippen LogP contribution < -0.4 is 0 Å². The van der Waals surface area contributed by atoms with Gasteiger partial charge in [-0.1, -0.05) is 0 Å². The summed E-state index contributed by atoms with van der Waals surface area (Å²) in [6, 6.07) is 0. The molecule has 0 fully saturated rings. The van der Waals surface area contributed by atoms with Crippen LogP contribution in [0.2, 0.25) is 0 Å². The van der Waals surface area contributed by atoms with E-state index >= 15 is 0 Å². The Balaban J connectivity index is 2.98. The van der Waals surface area contributed by atoms with Crippen LogP contribution in [0, 0.1) is 0 Å². The Labute approximate surface area is 104 Å². The third kappa shape index (κ3) is 12.2. The molecule has 4 nitrogen and oxygen atoms in total. The minimum Gasteiger partial charge on any atom is -0.379 e. The van der Waals surface area contributed by atoms with Gasteiger partial charge in [-0.2, -0.15) is 0 Å². The molecular formula is C11H24ClNO3. The van der Waals surface area contributed by atoms with Crippen LogP contribution >= 0.6 is 11.6 Å². The second kappa shape index (κ2) is 13.2. The summed E-state index contributed by atoms with van der Waals surface area (Å²) in [6.45, 7) is 7.82. The molecular weight excluding hydrogens is 230 g/mol. The zero-order valence-electron chi connectivity index (χ0n) is 10.4.